The highest BCUT2D eigenvalue weighted by atomic mass is 16.7. The van der Waals surface area contributed by atoms with Gasteiger partial charge >= 0.3 is 7.12 Å². The van der Waals surface area contributed by atoms with Gasteiger partial charge in [-0.25, -0.2) is 0 Å². The van der Waals surface area contributed by atoms with Gasteiger partial charge in [-0.2, -0.15) is 0 Å². The SMILES string of the molecule is CCCCCCCc1ccc(-c2ccc(-c3ccc(B4OC(C)(C)C(C)(C)O4)cc3)cn2)nc1. The Morgan fingerprint density at radius 2 is 1.26 bits per heavy atom. The molecule has 5 heteroatoms. The van der Waals surface area contributed by atoms with Crippen molar-refractivity contribution < 1.29 is 9.31 Å². The fourth-order valence-electron chi connectivity index (χ4n) is 4.18. The Hall–Kier alpha value is -2.50. The van der Waals surface area contributed by atoms with E-state index >= 15 is 0 Å². The zero-order valence-electron chi connectivity index (χ0n) is 21.3. The van der Waals surface area contributed by atoms with Crippen molar-refractivity contribution in [3.8, 4) is 22.5 Å². The molecular weight excluding hydrogens is 419 g/mol. The minimum atomic E-state index is -0.343. The summed E-state index contributed by atoms with van der Waals surface area (Å²) in [6.45, 7) is 10.6. The lowest BCUT2D eigenvalue weighted by Crippen LogP contribution is -2.41. The maximum Gasteiger partial charge on any atom is 0.494 e. The van der Waals surface area contributed by atoms with Crippen LogP contribution in [0, 0.1) is 0 Å². The Morgan fingerprint density at radius 1 is 0.676 bits per heavy atom. The molecule has 4 rings (SSSR count). The van der Waals surface area contributed by atoms with E-state index in [9.17, 15) is 0 Å². The highest BCUT2D eigenvalue weighted by Crippen LogP contribution is 2.36. The maximum absolute atomic E-state index is 6.16. The van der Waals surface area contributed by atoms with Crippen LogP contribution >= 0.6 is 0 Å². The van der Waals surface area contributed by atoms with Gasteiger partial charge in [-0.15, -0.1) is 0 Å². The van der Waals surface area contributed by atoms with E-state index in [2.05, 4.69) is 87.1 Å². The molecule has 4 nitrogen and oxygen atoms in total. The lowest BCUT2D eigenvalue weighted by atomic mass is 9.78. The highest BCUT2D eigenvalue weighted by Gasteiger charge is 2.51. The topological polar surface area (TPSA) is 44.2 Å². The van der Waals surface area contributed by atoms with E-state index in [1.165, 1.54) is 37.7 Å². The number of hydrogen-bond donors (Lipinski definition) is 0. The summed E-state index contributed by atoms with van der Waals surface area (Å²) in [4.78, 5) is 9.33. The van der Waals surface area contributed by atoms with Crippen LogP contribution in [-0.4, -0.2) is 28.3 Å². The molecular formula is C29H37BN2O2. The van der Waals surface area contributed by atoms with E-state index in [0.29, 0.717) is 0 Å². The number of rotatable bonds is 9. The molecule has 2 aromatic heterocycles. The van der Waals surface area contributed by atoms with Crippen LogP contribution in [0.4, 0.5) is 0 Å². The maximum atomic E-state index is 6.16. The molecule has 3 aromatic rings. The van der Waals surface area contributed by atoms with Gasteiger partial charge < -0.3 is 9.31 Å². The molecule has 0 spiro atoms. The summed E-state index contributed by atoms with van der Waals surface area (Å²) >= 11 is 0. The van der Waals surface area contributed by atoms with Crippen LogP contribution in [0.2, 0.25) is 0 Å². The first kappa shape index (κ1) is 24.6. The van der Waals surface area contributed by atoms with E-state index in [-0.39, 0.29) is 18.3 Å². The molecule has 1 aliphatic heterocycles. The highest BCUT2D eigenvalue weighted by molar-refractivity contribution is 6.62. The van der Waals surface area contributed by atoms with Crippen molar-refractivity contribution in [1.29, 1.82) is 0 Å². The van der Waals surface area contributed by atoms with E-state index in [1.54, 1.807) is 0 Å². The number of nitrogens with zero attached hydrogens (tertiary/aromatic N) is 2. The van der Waals surface area contributed by atoms with Crippen LogP contribution in [0.3, 0.4) is 0 Å². The lowest BCUT2D eigenvalue weighted by Gasteiger charge is -2.32. The first-order valence-electron chi connectivity index (χ1n) is 12.7. The van der Waals surface area contributed by atoms with Crippen molar-refractivity contribution in [1.82, 2.24) is 9.97 Å². The second kappa shape index (κ2) is 10.4. The first-order chi connectivity index (χ1) is 16.3. The van der Waals surface area contributed by atoms with Gasteiger partial charge in [-0.05, 0) is 69.3 Å². The molecule has 3 heterocycles. The Labute approximate surface area is 205 Å². The van der Waals surface area contributed by atoms with Crippen molar-refractivity contribution in [2.75, 3.05) is 0 Å². The van der Waals surface area contributed by atoms with Crippen LogP contribution < -0.4 is 5.46 Å². The summed E-state index contributed by atoms with van der Waals surface area (Å²) in [5.41, 5.74) is 5.66. The normalized spacial score (nSPS) is 16.7. The van der Waals surface area contributed by atoms with Gasteiger partial charge in [-0.1, -0.05) is 69.0 Å². The Morgan fingerprint density at radius 3 is 1.82 bits per heavy atom. The third-order valence-corrected chi connectivity index (χ3v) is 7.19. The molecule has 178 valence electrons. The molecule has 34 heavy (non-hydrogen) atoms. The number of hydrogen-bond acceptors (Lipinski definition) is 4. The minimum Gasteiger partial charge on any atom is -0.399 e. The zero-order chi connectivity index (χ0) is 24.2. The average molecular weight is 456 g/mol. The number of benzene rings is 1. The van der Waals surface area contributed by atoms with Crippen molar-refractivity contribution in [3.05, 3.63) is 66.5 Å². The summed E-state index contributed by atoms with van der Waals surface area (Å²) in [5, 5.41) is 0. The van der Waals surface area contributed by atoms with Gasteiger partial charge in [0, 0.05) is 18.0 Å². The molecule has 0 saturated carbocycles. The summed E-state index contributed by atoms with van der Waals surface area (Å²) in [5.74, 6) is 0. The van der Waals surface area contributed by atoms with Crippen LogP contribution in [0.1, 0.15) is 72.3 Å². The summed E-state index contributed by atoms with van der Waals surface area (Å²) in [7, 11) is -0.343. The fourth-order valence-corrected chi connectivity index (χ4v) is 4.18. The van der Waals surface area contributed by atoms with Gasteiger partial charge in [0.1, 0.15) is 0 Å². The standard InChI is InChI=1S/C29H37BN2O2/c1-6-7-8-9-10-11-22-12-18-26(31-20-22)27-19-15-24(21-32-27)23-13-16-25(17-14-23)30-33-28(2,3)29(4,5)34-30/h12-21H,6-11H2,1-5H3. The summed E-state index contributed by atoms with van der Waals surface area (Å²) in [6.07, 6.45) is 11.5. The van der Waals surface area contributed by atoms with Gasteiger partial charge in [-0.3, -0.25) is 9.97 Å². The molecule has 0 unspecified atom stereocenters. The molecule has 0 N–H and O–H groups in total. The fraction of sp³-hybridized carbons (Fsp3) is 0.448. The monoisotopic (exact) mass is 456 g/mol. The van der Waals surface area contributed by atoms with Crippen molar-refractivity contribution in [3.63, 3.8) is 0 Å². The van der Waals surface area contributed by atoms with Crippen LogP contribution in [0.25, 0.3) is 22.5 Å². The van der Waals surface area contributed by atoms with E-state index in [1.807, 2.05) is 18.5 Å². The minimum absolute atomic E-state index is 0.336. The predicted octanol–water partition coefficient (Wildman–Crippen LogP) is 6.62. The van der Waals surface area contributed by atoms with Gasteiger partial charge in [0.15, 0.2) is 0 Å². The van der Waals surface area contributed by atoms with Crippen LogP contribution in [0.15, 0.2) is 60.9 Å². The molecule has 0 amide bonds. The number of aryl methyl sites for hydroxylation is 1. The van der Waals surface area contributed by atoms with Gasteiger partial charge in [0.25, 0.3) is 0 Å². The largest absolute Gasteiger partial charge is 0.494 e. The van der Waals surface area contributed by atoms with E-state index in [4.69, 9.17) is 9.31 Å². The van der Waals surface area contributed by atoms with Crippen LogP contribution in [0.5, 0.6) is 0 Å². The first-order valence-corrected chi connectivity index (χ1v) is 12.7. The molecule has 1 saturated heterocycles. The lowest BCUT2D eigenvalue weighted by molar-refractivity contribution is 0.00578. The van der Waals surface area contributed by atoms with Crippen molar-refractivity contribution in [2.24, 2.45) is 0 Å². The summed E-state index contributed by atoms with van der Waals surface area (Å²) < 4.78 is 12.3. The molecule has 1 aliphatic rings. The quantitative estimate of drug-likeness (QED) is 0.268. The van der Waals surface area contributed by atoms with Crippen molar-refractivity contribution in [2.45, 2.75) is 84.3 Å². The smallest absolute Gasteiger partial charge is 0.399 e. The Balaban J connectivity index is 1.37. The van der Waals surface area contributed by atoms with Gasteiger partial charge in [0.05, 0.1) is 22.6 Å². The van der Waals surface area contributed by atoms with E-state index in [0.717, 1.165) is 34.4 Å². The number of pyridine rings is 2. The number of unbranched alkanes of at least 4 members (excludes halogenated alkanes) is 4. The zero-order valence-corrected chi connectivity index (χ0v) is 21.3. The second-order valence-corrected chi connectivity index (χ2v) is 10.4. The third kappa shape index (κ3) is 5.59. The average Bonchev–Trinajstić information content (AvgIpc) is 3.06. The van der Waals surface area contributed by atoms with Crippen molar-refractivity contribution >= 4 is 12.6 Å². The van der Waals surface area contributed by atoms with Gasteiger partial charge in [0.2, 0.25) is 0 Å². The van der Waals surface area contributed by atoms with Crippen LogP contribution in [-0.2, 0) is 15.7 Å². The molecule has 0 bridgehead atoms. The Kier molecular flexibility index (Phi) is 7.54. The Bertz CT molecular complexity index is 1040. The summed E-state index contributed by atoms with van der Waals surface area (Å²) in [6, 6.07) is 16.8. The molecule has 1 fully saturated rings. The molecule has 0 atom stereocenters. The second-order valence-electron chi connectivity index (χ2n) is 10.4. The third-order valence-electron chi connectivity index (χ3n) is 7.19. The molecule has 1 aromatic carbocycles. The number of aromatic nitrogens is 2. The van der Waals surface area contributed by atoms with E-state index < -0.39 is 0 Å². The molecule has 0 radical (unpaired) electrons. The predicted molar refractivity (Wildman–Crippen MR) is 141 cm³/mol. The molecule has 0 aliphatic carbocycles.